The van der Waals surface area contributed by atoms with Gasteiger partial charge in [-0.25, -0.2) is 19.9 Å². The Labute approximate surface area is 234 Å². The van der Waals surface area contributed by atoms with Gasteiger partial charge in [-0.05, 0) is 23.6 Å². The van der Waals surface area contributed by atoms with Gasteiger partial charge in [0.2, 0.25) is 0 Å². The number of hydrogen-bond acceptors (Lipinski definition) is 7. The first-order valence-corrected chi connectivity index (χ1v) is 13.2. The van der Waals surface area contributed by atoms with Crippen molar-refractivity contribution < 1.29 is 4.42 Å². The van der Waals surface area contributed by atoms with E-state index >= 15 is 0 Å². The number of nitrogens with zero attached hydrogens (tertiary/aromatic N) is 6. The van der Waals surface area contributed by atoms with Crippen molar-refractivity contribution in [2.24, 2.45) is 0 Å². The standard InChI is InChI=1S/C34H20N6O/c1-3-9-21(10-4-1)32-38-33(22-11-5-2-6-12-22)40-34(39-32)29-17-26-25-16-28(36-19-30(25)41-31(26)20-37-29)27-15-23-13-7-8-14-24(23)18-35-27/h1-20H. The summed E-state index contributed by atoms with van der Waals surface area (Å²) in [7, 11) is 0. The zero-order valence-electron chi connectivity index (χ0n) is 21.6. The predicted octanol–water partition coefficient (Wildman–Crippen LogP) is 7.78. The van der Waals surface area contributed by atoms with Gasteiger partial charge in [-0.15, -0.1) is 0 Å². The average molecular weight is 529 g/mol. The van der Waals surface area contributed by atoms with Gasteiger partial charge in [-0.3, -0.25) is 9.97 Å². The lowest BCUT2D eigenvalue weighted by Crippen LogP contribution is -2.01. The molecule has 0 saturated carbocycles. The van der Waals surface area contributed by atoms with Crippen LogP contribution in [0.3, 0.4) is 0 Å². The molecule has 5 heterocycles. The van der Waals surface area contributed by atoms with Crippen LogP contribution in [0.25, 0.3) is 78.4 Å². The van der Waals surface area contributed by atoms with Gasteiger partial charge in [0.15, 0.2) is 28.6 Å². The van der Waals surface area contributed by atoms with Crippen molar-refractivity contribution in [2.45, 2.75) is 0 Å². The van der Waals surface area contributed by atoms with Crippen LogP contribution in [0.2, 0.25) is 0 Å². The maximum atomic E-state index is 6.09. The molecular formula is C34H20N6O. The molecule has 0 spiro atoms. The van der Waals surface area contributed by atoms with Gasteiger partial charge < -0.3 is 4.42 Å². The first-order chi connectivity index (χ1) is 20.3. The van der Waals surface area contributed by atoms with E-state index in [-0.39, 0.29) is 0 Å². The molecule has 192 valence electrons. The summed E-state index contributed by atoms with van der Waals surface area (Å²) < 4.78 is 6.09. The lowest BCUT2D eigenvalue weighted by molar-refractivity contribution is 0.665. The number of pyridine rings is 3. The molecule has 0 unspecified atom stereocenters. The van der Waals surface area contributed by atoms with Gasteiger partial charge in [-0.1, -0.05) is 84.9 Å². The van der Waals surface area contributed by atoms with E-state index in [1.54, 1.807) is 12.4 Å². The van der Waals surface area contributed by atoms with Gasteiger partial charge >= 0.3 is 0 Å². The molecule has 0 aliphatic carbocycles. The second-order valence-corrected chi connectivity index (χ2v) is 9.69. The highest BCUT2D eigenvalue weighted by Gasteiger charge is 2.16. The van der Waals surface area contributed by atoms with Gasteiger partial charge in [0.05, 0.1) is 23.8 Å². The molecule has 7 heteroatoms. The molecule has 0 amide bonds. The van der Waals surface area contributed by atoms with Crippen molar-refractivity contribution in [3.63, 3.8) is 0 Å². The number of hydrogen-bond donors (Lipinski definition) is 0. The Bertz CT molecular complexity index is 2150. The van der Waals surface area contributed by atoms with Crippen LogP contribution in [0.4, 0.5) is 0 Å². The summed E-state index contributed by atoms with van der Waals surface area (Å²) in [4.78, 5) is 28.4. The van der Waals surface area contributed by atoms with Crippen LogP contribution in [0, 0.1) is 0 Å². The van der Waals surface area contributed by atoms with E-state index in [9.17, 15) is 0 Å². The summed E-state index contributed by atoms with van der Waals surface area (Å²) in [6, 6.07) is 34.0. The Morgan fingerprint density at radius 1 is 0.415 bits per heavy atom. The summed E-state index contributed by atoms with van der Waals surface area (Å²) in [5.41, 5.74) is 5.33. The first kappa shape index (κ1) is 23.1. The van der Waals surface area contributed by atoms with Crippen molar-refractivity contribution in [2.75, 3.05) is 0 Å². The van der Waals surface area contributed by atoms with Gasteiger partial charge in [-0.2, -0.15) is 0 Å². The maximum Gasteiger partial charge on any atom is 0.182 e. The number of aromatic nitrogens is 6. The second kappa shape index (κ2) is 9.43. The van der Waals surface area contributed by atoms with Gasteiger partial charge in [0.25, 0.3) is 0 Å². The summed E-state index contributed by atoms with van der Waals surface area (Å²) >= 11 is 0. The van der Waals surface area contributed by atoms with Crippen molar-refractivity contribution in [3.05, 3.63) is 122 Å². The third-order valence-electron chi connectivity index (χ3n) is 7.07. The minimum Gasteiger partial charge on any atom is -0.453 e. The van der Waals surface area contributed by atoms with E-state index in [4.69, 9.17) is 19.4 Å². The summed E-state index contributed by atoms with van der Waals surface area (Å²) in [5.74, 6) is 1.66. The number of furan rings is 1. The molecule has 0 atom stereocenters. The molecule has 0 fully saturated rings. The quantitative estimate of drug-likeness (QED) is 0.230. The summed E-state index contributed by atoms with van der Waals surface area (Å²) in [5, 5.41) is 4.02. The molecule has 7 nitrogen and oxygen atoms in total. The van der Waals surface area contributed by atoms with E-state index in [0.29, 0.717) is 34.3 Å². The Balaban J connectivity index is 1.28. The fourth-order valence-electron chi connectivity index (χ4n) is 5.00. The van der Waals surface area contributed by atoms with Crippen molar-refractivity contribution in [1.82, 2.24) is 29.9 Å². The Kier molecular flexibility index (Phi) is 5.31. The molecule has 3 aromatic carbocycles. The number of fused-ring (bicyclic) bond motifs is 4. The van der Waals surface area contributed by atoms with Crippen LogP contribution in [0.5, 0.6) is 0 Å². The van der Waals surface area contributed by atoms with E-state index in [2.05, 4.69) is 33.2 Å². The van der Waals surface area contributed by atoms with E-state index in [1.165, 1.54) is 0 Å². The Morgan fingerprint density at radius 2 is 0.902 bits per heavy atom. The van der Waals surface area contributed by atoms with Crippen LogP contribution in [0.1, 0.15) is 0 Å². The lowest BCUT2D eigenvalue weighted by Gasteiger charge is -2.08. The highest BCUT2D eigenvalue weighted by Crippen LogP contribution is 2.33. The molecular weight excluding hydrogens is 508 g/mol. The second-order valence-electron chi connectivity index (χ2n) is 9.69. The van der Waals surface area contributed by atoms with Crippen LogP contribution < -0.4 is 0 Å². The molecule has 0 N–H and O–H groups in total. The van der Waals surface area contributed by atoms with Crippen molar-refractivity contribution in [1.29, 1.82) is 0 Å². The molecule has 8 rings (SSSR count). The van der Waals surface area contributed by atoms with E-state index in [1.807, 2.05) is 91.1 Å². The SMILES string of the molecule is c1ccc(-c2nc(-c3ccccc3)nc(-c3cc4c(cn3)oc3cnc(-c5cc6ccccc6cn5)cc34)n2)cc1. The monoisotopic (exact) mass is 528 g/mol. The van der Waals surface area contributed by atoms with E-state index < -0.39 is 0 Å². The molecule has 0 aliphatic rings. The van der Waals surface area contributed by atoms with Crippen LogP contribution in [-0.2, 0) is 0 Å². The zero-order chi connectivity index (χ0) is 27.2. The number of rotatable bonds is 4. The van der Waals surface area contributed by atoms with Crippen LogP contribution in [-0.4, -0.2) is 29.9 Å². The van der Waals surface area contributed by atoms with Crippen molar-refractivity contribution in [3.8, 4) is 45.7 Å². The topological polar surface area (TPSA) is 90.5 Å². The average Bonchev–Trinajstić information content (AvgIpc) is 3.42. The predicted molar refractivity (Wildman–Crippen MR) is 160 cm³/mol. The molecule has 5 aromatic heterocycles. The summed E-state index contributed by atoms with van der Waals surface area (Å²) in [6.45, 7) is 0. The molecule has 0 aliphatic heterocycles. The smallest absolute Gasteiger partial charge is 0.182 e. The van der Waals surface area contributed by atoms with E-state index in [0.717, 1.165) is 44.1 Å². The highest BCUT2D eigenvalue weighted by molar-refractivity contribution is 6.06. The first-order valence-electron chi connectivity index (χ1n) is 13.2. The van der Waals surface area contributed by atoms with Crippen LogP contribution >= 0.6 is 0 Å². The minimum atomic E-state index is 0.486. The number of benzene rings is 3. The largest absolute Gasteiger partial charge is 0.453 e. The molecule has 0 bridgehead atoms. The molecule has 0 radical (unpaired) electrons. The Morgan fingerprint density at radius 3 is 1.56 bits per heavy atom. The fraction of sp³-hybridized carbons (Fsp3) is 0. The van der Waals surface area contributed by atoms with Gasteiger partial charge in [0.1, 0.15) is 5.69 Å². The van der Waals surface area contributed by atoms with Gasteiger partial charge in [0, 0.05) is 33.5 Å². The minimum absolute atomic E-state index is 0.486. The zero-order valence-corrected chi connectivity index (χ0v) is 21.6. The molecule has 41 heavy (non-hydrogen) atoms. The third-order valence-corrected chi connectivity index (χ3v) is 7.07. The fourth-order valence-corrected chi connectivity index (χ4v) is 5.00. The Hall–Kier alpha value is -5.82. The summed E-state index contributed by atoms with van der Waals surface area (Å²) in [6.07, 6.45) is 5.33. The normalized spacial score (nSPS) is 11.4. The van der Waals surface area contributed by atoms with Crippen LogP contribution in [0.15, 0.2) is 126 Å². The third kappa shape index (κ3) is 4.17. The maximum absolute atomic E-state index is 6.09. The highest BCUT2D eigenvalue weighted by atomic mass is 16.3. The van der Waals surface area contributed by atoms with Crippen molar-refractivity contribution >= 4 is 32.7 Å². The molecule has 8 aromatic rings. The molecule has 0 saturated heterocycles. The lowest BCUT2D eigenvalue weighted by atomic mass is 10.1.